The molecule has 3 atom stereocenters. The summed E-state index contributed by atoms with van der Waals surface area (Å²) in [4.78, 5) is 24.0. The Morgan fingerprint density at radius 1 is 1.21 bits per heavy atom. The molecular formula is C24H31N7O3. The molecule has 3 aromatic rings. The topological polar surface area (TPSA) is 128 Å². The number of carbonyl (C=O) groups excluding carboxylic acids is 1. The maximum atomic E-state index is 12.9. The summed E-state index contributed by atoms with van der Waals surface area (Å²) >= 11 is 0. The van der Waals surface area contributed by atoms with Crippen molar-refractivity contribution in [1.82, 2.24) is 19.9 Å². The molecule has 2 aromatic heterocycles. The van der Waals surface area contributed by atoms with E-state index in [1.807, 2.05) is 29.2 Å². The highest BCUT2D eigenvalue weighted by Gasteiger charge is 2.29. The van der Waals surface area contributed by atoms with Gasteiger partial charge in [0.25, 0.3) is 0 Å². The van der Waals surface area contributed by atoms with Crippen LogP contribution in [0.3, 0.4) is 0 Å². The lowest BCUT2D eigenvalue weighted by Gasteiger charge is -2.34. The van der Waals surface area contributed by atoms with Crippen molar-refractivity contribution in [3.8, 4) is 0 Å². The van der Waals surface area contributed by atoms with Crippen LogP contribution in [0, 0.1) is 5.92 Å². The van der Waals surface area contributed by atoms with Crippen LogP contribution in [-0.2, 0) is 6.61 Å². The van der Waals surface area contributed by atoms with E-state index < -0.39 is 6.23 Å². The van der Waals surface area contributed by atoms with Crippen LogP contribution in [-0.4, -0.2) is 56.6 Å². The Bertz CT molecular complexity index is 1210. The average Bonchev–Trinajstić information content (AvgIpc) is 3.46. The van der Waals surface area contributed by atoms with Gasteiger partial charge in [-0.25, -0.2) is 19.3 Å². The third-order valence-corrected chi connectivity index (χ3v) is 6.91. The van der Waals surface area contributed by atoms with E-state index in [2.05, 4.69) is 27.9 Å². The SMILES string of the molecule is CNc1cc(Nc2cc(CO)cc(N3CCCC3O)c2)nc2c1ncn2C(=O)N[C@@H]1CC[C@H]1C. The number of benzene rings is 1. The van der Waals surface area contributed by atoms with Crippen LogP contribution in [0.1, 0.15) is 38.2 Å². The zero-order chi connectivity index (χ0) is 23.8. The Morgan fingerprint density at radius 2 is 2.06 bits per heavy atom. The molecule has 1 amide bonds. The number of nitrogens with zero attached hydrogens (tertiary/aromatic N) is 4. The lowest BCUT2D eigenvalue weighted by Crippen LogP contribution is -2.46. The second-order valence-electron chi connectivity index (χ2n) is 9.19. The molecule has 1 unspecified atom stereocenters. The Morgan fingerprint density at radius 3 is 2.71 bits per heavy atom. The third kappa shape index (κ3) is 4.14. The maximum absolute atomic E-state index is 12.9. The van der Waals surface area contributed by atoms with E-state index in [0.717, 1.165) is 54.9 Å². The zero-order valence-corrected chi connectivity index (χ0v) is 19.5. The Hall–Kier alpha value is -3.37. The average molecular weight is 466 g/mol. The first kappa shape index (κ1) is 22.4. The van der Waals surface area contributed by atoms with Crippen LogP contribution >= 0.6 is 0 Å². The molecule has 180 valence electrons. The number of anilines is 4. The number of amides is 1. The molecule has 0 radical (unpaired) electrons. The van der Waals surface area contributed by atoms with Crippen molar-refractivity contribution in [3.05, 3.63) is 36.2 Å². The molecule has 2 fully saturated rings. The summed E-state index contributed by atoms with van der Waals surface area (Å²) in [5, 5.41) is 29.6. The molecule has 1 saturated heterocycles. The van der Waals surface area contributed by atoms with Crippen molar-refractivity contribution in [2.45, 2.75) is 51.5 Å². The predicted octanol–water partition coefficient (Wildman–Crippen LogP) is 2.98. The molecule has 1 aromatic carbocycles. The molecule has 5 N–H and O–H groups in total. The summed E-state index contributed by atoms with van der Waals surface area (Å²) < 4.78 is 1.45. The number of rotatable bonds is 6. The molecule has 1 saturated carbocycles. The molecular weight excluding hydrogens is 434 g/mol. The molecule has 3 heterocycles. The van der Waals surface area contributed by atoms with Crippen LogP contribution in [0.25, 0.3) is 11.2 Å². The van der Waals surface area contributed by atoms with Gasteiger partial charge in [0.05, 0.1) is 12.3 Å². The largest absolute Gasteiger partial charge is 0.392 e. The van der Waals surface area contributed by atoms with Gasteiger partial charge in [-0.3, -0.25) is 0 Å². The fourth-order valence-electron chi connectivity index (χ4n) is 4.70. The first-order valence-electron chi connectivity index (χ1n) is 11.8. The van der Waals surface area contributed by atoms with E-state index in [1.54, 1.807) is 7.05 Å². The first-order chi connectivity index (χ1) is 16.5. The van der Waals surface area contributed by atoms with E-state index >= 15 is 0 Å². The van der Waals surface area contributed by atoms with Crippen LogP contribution in [0.5, 0.6) is 0 Å². The number of aliphatic hydroxyl groups is 2. The second-order valence-corrected chi connectivity index (χ2v) is 9.19. The second kappa shape index (κ2) is 9.11. The summed E-state index contributed by atoms with van der Waals surface area (Å²) in [6.45, 7) is 2.78. The lowest BCUT2D eigenvalue weighted by atomic mass is 9.81. The fourth-order valence-corrected chi connectivity index (χ4v) is 4.70. The molecule has 0 bridgehead atoms. The fraction of sp³-hybridized carbons (Fsp3) is 0.458. The molecule has 10 nitrogen and oxygen atoms in total. The summed E-state index contributed by atoms with van der Waals surface area (Å²) in [6.07, 6.45) is 4.72. The number of hydrogen-bond acceptors (Lipinski definition) is 8. The van der Waals surface area contributed by atoms with Crippen LogP contribution in [0.4, 0.5) is 27.7 Å². The number of carbonyl (C=O) groups is 1. The van der Waals surface area contributed by atoms with Crippen molar-refractivity contribution >= 4 is 40.1 Å². The monoisotopic (exact) mass is 465 g/mol. The smallest absolute Gasteiger partial charge is 0.328 e. The molecule has 5 rings (SSSR count). The van der Waals surface area contributed by atoms with Crippen molar-refractivity contribution in [2.75, 3.05) is 29.1 Å². The number of pyridine rings is 1. The van der Waals surface area contributed by atoms with Gasteiger partial charge in [-0.05, 0) is 55.4 Å². The summed E-state index contributed by atoms with van der Waals surface area (Å²) in [7, 11) is 1.80. The minimum Gasteiger partial charge on any atom is -0.392 e. The van der Waals surface area contributed by atoms with E-state index in [9.17, 15) is 15.0 Å². The van der Waals surface area contributed by atoms with Gasteiger partial charge >= 0.3 is 6.03 Å². The summed E-state index contributed by atoms with van der Waals surface area (Å²) in [5.41, 5.74) is 4.10. The van der Waals surface area contributed by atoms with Gasteiger partial charge in [-0.15, -0.1) is 0 Å². The number of aromatic nitrogens is 3. The Balaban J connectivity index is 1.47. The van der Waals surface area contributed by atoms with E-state index in [1.165, 1.54) is 10.9 Å². The Labute approximate surface area is 198 Å². The summed E-state index contributed by atoms with van der Waals surface area (Å²) in [6, 6.07) is 7.44. The minimum absolute atomic E-state index is 0.118. The van der Waals surface area contributed by atoms with Crippen LogP contribution in [0.2, 0.25) is 0 Å². The first-order valence-corrected chi connectivity index (χ1v) is 11.8. The van der Waals surface area contributed by atoms with Gasteiger partial charge in [0.15, 0.2) is 5.65 Å². The van der Waals surface area contributed by atoms with Gasteiger partial charge in [0.1, 0.15) is 23.9 Å². The zero-order valence-electron chi connectivity index (χ0n) is 19.5. The van der Waals surface area contributed by atoms with Gasteiger partial charge in [0.2, 0.25) is 0 Å². The van der Waals surface area contributed by atoms with Gasteiger partial charge in [-0.1, -0.05) is 6.92 Å². The molecule has 1 aliphatic carbocycles. The van der Waals surface area contributed by atoms with Crippen molar-refractivity contribution in [1.29, 1.82) is 0 Å². The van der Waals surface area contributed by atoms with E-state index in [-0.39, 0.29) is 18.7 Å². The van der Waals surface area contributed by atoms with Crippen molar-refractivity contribution < 1.29 is 15.0 Å². The van der Waals surface area contributed by atoms with Crippen molar-refractivity contribution in [2.24, 2.45) is 5.92 Å². The highest BCUT2D eigenvalue weighted by Crippen LogP contribution is 2.31. The van der Waals surface area contributed by atoms with Gasteiger partial charge in [-0.2, -0.15) is 0 Å². The highest BCUT2D eigenvalue weighted by molar-refractivity contribution is 5.94. The summed E-state index contributed by atoms with van der Waals surface area (Å²) in [5.74, 6) is 1.00. The molecule has 0 spiro atoms. The molecule has 10 heteroatoms. The molecule has 1 aliphatic heterocycles. The minimum atomic E-state index is -0.529. The number of nitrogens with one attached hydrogen (secondary N) is 3. The number of aliphatic hydroxyl groups excluding tert-OH is 2. The van der Waals surface area contributed by atoms with Crippen molar-refractivity contribution in [3.63, 3.8) is 0 Å². The number of imidazole rings is 1. The number of hydrogen-bond donors (Lipinski definition) is 5. The lowest BCUT2D eigenvalue weighted by molar-refractivity contribution is 0.185. The standard InChI is InChI=1S/C24H31N7O3/c1-14-5-6-18(14)28-24(34)31-13-26-22-19(25-2)11-20(29-23(22)31)27-16-8-15(12-32)9-17(10-16)30-7-3-4-21(30)33/h8-11,13-14,18,21,32-33H,3-7,12H2,1-2H3,(H,28,34)(H2,25,27,29)/t14-,18-,21?/m1/s1. The van der Waals surface area contributed by atoms with Gasteiger partial charge in [0, 0.05) is 37.1 Å². The normalized spacial score (nSPS) is 22.0. The van der Waals surface area contributed by atoms with E-state index in [0.29, 0.717) is 22.9 Å². The van der Waals surface area contributed by atoms with Crippen LogP contribution in [0.15, 0.2) is 30.6 Å². The van der Waals surface area contributed by atoms with Crippen LogP contribution < -0.4 is 20.9 Å². The highest BCUT2D eigenvalue weighted by atomic mass is 16.3. The maximum Gasteiger partial charge on any atom is 0.328 e. The molecule has 34 heavy (non-hydrogen) atoms. The third-order valence-electron chi connectivity index (χ3n) is 6.91. The van der Waals surface area contributed by atoms with E-state index in [4.69, 9.17) is 4.98 Å². The van der Waals surface area contributed by atoms with Gasteiger partial charge < -0.3 is 31.1 Å². The Kier molecular flexibility index (Phi) is 6.01. The quantitative estimate of drug-likeness (QED) is 0.376. The predicted molar refractivity (Wildman–Crippen MR) is 131 cm³/mol. The number of fused-ring (bicyclic) bond motifs is 1. The molecule has 2 aliphatic rings.